The molecule has 1 aliphatic rings. The van der Waals surface area contributed by atoms with E-state index < -0.39 is 0 Å². The van der Waals surface area contributed by atoms with E-state index in [2.05, 4.69) is 47.4 Å². The van der Waals surface area contributed by atoms with E-state index in [0.717, 1.165) is 47.9 Å². The number of aromatic nitrogens is 1. The molecule has 140 valence electrons. The Balaban J connectivity index is 1.64. The van der Waals surface area contributed by atoms with Gasteiger partial charge in [0.1, 0.15) is 11.1 Å². The van der Waals surface area contributed by atoms with E-state index in [1.165, 1.54) is 11.1 Å². The molecule has 2 heterocycles. The average Bonchev–Trinajstić information content (AvgIpc) is 3.35. The zero-order valence-electron chi connectivity index (χ0n) is 15.5. The molecule has 1 fully saturated rings. The molecule has 4 aromatic rings. The lowest BCUT2D eigenvalue weighted by molar-refractivity contribution is 0.138. The Kier molecular flexibility index (Phi) is 4.42. The maximum Gasteiger partial charge on any atom is 0.220 e. The van der Waals surface area contributed by atoms with Gasteiger partial charge in [0.05, 0.1) is 0 Å². The number of likely N-dealkylation sites (tertiary alicyclic amines) is 1. The normalized spacial score (nSPS) is 20.0. The molecule has 3 aromatic carbocycles. The number of halogens is 1. The maximum absolute atomic E-state index is 6.32. The summed E-state index contributed by atoms with van der Waals surface area (Å²) in [5, 5.41) is 0.762. The topological polar surface area (TPSA) is 29.3 Å². The first kappa shape index (κ1) is 17.5. The zero-order chi connectivity index (χ0) is 19.0. The molecule has 28 heavy (non-hydrogen) atoms. The Morgan fingerprint density at radius 3 is 2.46 bits per heavy atom. The van der Waals surface area contributed by atoms with Crippen molar-refractivity contribution in [1.82, 2.24) is 9.88 Å². The molecule has 0 amide bonds. The lowest BCUT2D eigenvalue weighted by Crippen LogP contribution is -2.42. The molecular formula is C24H21ClN2O. The first-order chi connectivity index (χ1) is 13.8. The van der Waals surface area contributed by atoms with Gasteiger partial charge < -0.3 is 4.42 Å². The van der Waals surface area contributed by atoms with Crippen molar-refractivity contribution < 1.29 is 4.42 Å². The highest BCUT2D eigenvalue weighted by Gasteiger charge is 2.47. The third kappa shape index (κ3) is 2.92. The molecule has 1 saturated heterocycles. The van der Waals surface area contributed by atoms with Gasteiger partial charge in [0, 0.05) is 11.6 Å². The van der Waals surface area contributed by atoms with Crippen LogP contribution in [-0.2, 0) is 12.1 Å². The van der Waals surface area contributed by atoms with Gasteiger partial charge in [-0.25, -0.2) is 4.98 Å². The average molecular weight is 389 g/mol. The summed E-state index contributed by atoms with van der Waals surface area (Å²) < 4.78 is 6.32. The van der Waals surface area contributed by atoms with Gasteiger partial charge in [-0.15, -0.1) is 0 Å². The lowest BCUT2D eigenvalue weighted by Gasteiger charge is -2.36. The van der Waals surface area contributed by atoms with Gasteiger partial charge in [0.15, 0.2) is 5.58 Å². The molecule has 0 radical (unpaired) electrons. The highest BCUT2D eigenvalue weighted by atomic mass is 35.5. The molecule has 3 nitrogen and oxygen atoms in total. The third-order valence-electron chi connectivity index (χ3n) is 5.69. The highest BCUT2D eigenvalue weighted by molar-refractivity contribution is 6.30. The number of benzene rings is 3. The molecule has 1 aliphatic heterocycles. The molecular weight excluding hydrogens is 368 g/mol. The Bertz CT molecular complexity index is 1060. The van der Waals surface area contributed by atoms with Crippen LogP contribution in [0, 0.1) is 0 Å². The summed E-state index contributed by atoms with van der Waals surface area (Å²) >= 11 is 6.08. The van der Waals surface area contributed by atoms with Crippen LogP contribution in [0.1, 0.15) is 29.9 Å². The number of oxazole rings is 1. The standard InChI is InChI=1S/C24H21ClN2O/c25-20-13-11-18(12-14-20)17-27-16-6-15-24(27,19-7-2-1-3-8-19)23-26-21-9-4-5-10-22(21)28-23/h1-5,7-14H,6,15-17H2. The van der Waals surface area contributed by atoms with Gasteiger partial charge in [0.25, 0.3) is 0 Å². The molecule has 1 atom stereocenters. The van der Waals surface area contributed by atoms with Crippen LogP contribution in [0.3, 0.4) is 0 Å². The smallest absolute Gasteiger partial charge is 0.220 e. The molecule has 0 aliphatic carbocycles. The maximum atomic E-state index is 6.32. The molecule has 1 aromatic heterocycles. The van der Waals surface area contributed by atoms with Crippen molar-refractivity contribution in [2.24, 2.45) is 0 Å². The Morgan fingerprint density at radius 2 is 1.68 bits per heavy atom. The number of nitrogens with zero attached hydrogens (tertiary/aromatic N) is 2. The summed E-state index contributed by atoms with van der Waals surface area (Å²) in [5.41, 5.74) is 3.85. The molecule has 0 saturated carbocycles. The minimum absolute atomic E-state index is 0.361. The van der Waals surface area contributed by atoms with Crippen molar-refractivity contribution >= 4 is 22.7 Å². The van der Waals surface area contributed by atoms with Gasteiger partial charge in [-0.1, -0.05) is 66.2 Å². The SMILES string of the molecule is Clc1ccc(CN2CCCC2(c2ccccc2)c2nc3ccccc3o2)cc1. The van der Waals surface area contributed by atoms with Crippen molar-refractivity contribution in [3.05, 3.63) is 101 Å². The second-order valence-corrected chi connectivity index (χ2v) is 7.80. The minimum Gasteiger partial charge on any atom is -0.438 e. The van der Waals surface area contributed by atoms with Crippen molar-refractivity contribution in [2.45, 2.75) is 24.9 Å². The monoisotopic (exact) mass is 388 g/mol. The van der Waals surface area contributed by atoms with Crippen LogP contribution < -0.4 is 0 Å². The fourth-order valence-corrected chi connectivity index (χ4v) is 4.48. The zero-order valence-corrected chi connectivity index (χ0v) is 16.3. The molecule has 0 bridgehead atoms. The predicted molar refractivity (Wildman–Crippen MR) is 112 cm³/mol. The third-order valence-corrected chi connectivity index (χ3v) is 5.94. The highest BCUT2D eigenvalue weighted by Crippen LogP contribution is 2.45. The second kappa shape index (κ2) is 7.08. The fourth-order valence-electron chi connectivity index (χ4n) is 4.35. The minimum atomic E-state index is -0.361. The van der Waals surface area contributed by atoms with Gasteiger partial charge in [0.2, 0.25) is 5.89 Å². The van der Waals surface area contributed by atoms with Crippen LogP contribution in [0.5, 0.6) is 0 Å². The van der Waals surface area contributed by atoms with Crippen molar-refractivity contribution in [1.29, 1.82) is 0 Å². The summed E-state index contributed by atoms with van der Waals surface area (Å²) in [6, 6.07) is 26.7. The van der Waals surface area contributed by atoms with Gasteiger partial charge in [-0.05, 0) is 54.8 Å². The molecule has 4 heteroatoms. The van der Waals surface area contributed by atoms with Crippen LogP contribution in [0.15, 0.2) is 83.3 Å². The van der Waals surface area contributed by atoms with Crippen LogP contribution in [0.4, 0.5) is 0 Å². The number of para-hydroxylation sites is 2. The van der Waals surface area contributed by atoms with E-state index in [4.69, 9.17) is 21.0 Å². The Hall–Kier alpha value is -2.62. The molecule has 0 spiro atoms. The first-order valence-electron chi connectivity index (χ1n) is 9.67. The second-order valence-electron chi connectivity index (χ2n) is 7.36. The Morgan fingerprint density at radius 1 is 0.929 bits per heavy atom. The number of fused-ring (bicyclic) bond motifs is 1. The van der Waals surface area contributed by atoms with E-state index in [1.54, 1.807) is 0 Å². The van der Waals surface area contributed by atoms with E-state index >= 15 is 0 Å². The summed E-state index contributed by atoms with van der Waals surface area (Å²) in [7, 11) is 0. The van der Waals surface area contributed by atoms with E-state index in [0.29, 0.717) is 0 Å². The van der Waals surface area contributed by atoms with Gasteiger partial charge >= 0.3 is 0 Å². The largest absolute Gasteiger partial charge is 0.438 e. The summed E-state index contributed by atoms with van der Waals surface area (Å²) in [6.07, 6.45) is 2.08. The number of hydrogen-bond acceptors (Lipinski definition) is 3. The predicted octanol–water partition coefficient (Wildman–Crippen LogP) is 6.02. The first-order valence-corrected chi connectivity index (χ1v) is 10.0. The van der Waals surface area contributed by atoms with Crippen molar-refractivity contribution in [2.75, 3.05) is 6.54 Å². The van der Waals surface area contributed by atoms with Crippen LogP contribution in [0.2, 0.25) is 5.02 Å². The molecule has 0 N–H and O–H groups in total. The lowest BCUT2D eigenvalue weighted by atomic mass is 9.86. The quantitative estimate of drug-likeness (QED) is 0.428. The van der Waals surface area contributed by atoms with Crippen LogP contribution in [0.25, 0.3) is 11.1 Å². The Labute approximate surface area is 169 Å². The molecule has 1 unspecified atom stereocenters. The fraction of sp³-hybridized carbons (Fsp3) is 0.208. The van der Waals surface area contributed by atoms with Crippen LogP contribution >= 0.6 is 11.6 Å². The molecule has 5 rings (SSSR count). The van der Waals surface area contributed by atoms with Gasteiger partial charge in [-0.2, -0.15) is 0 Å². The van der Waals surface area contributed by atoms with E-state index in [-0.39, 0.29) is 5.54 Å². The van der Waals surface area contributed by atoms with Gasteiger partial charge in [-0.3, -0.25) is 4.90 Å². The van der Waals surface area contributed by atoms with E-state index in [1.807, 2.05) is 36.4 Å². The summed E-state index contributed by atoms with van der Waals surface area (Å²) in [5.74, 6) is 0.784. The number of hydrogen-bond donors (Lipinski definition) is 0. The summed E-state index contributed by atoms with van der Waals surface area (Å²) in [6.45, 7) is 1.82. The number of rotatable bonds is 4. The van der Waals surface area contributed by atoms with Crippen LogP contribution in [-0.4, -0.2) is 16.4 Å². The van der Waals surface area contributed by atoms with Crippen molar-refractivity contribution in [3.8, 4) is 0 Å². The summed E-state index contributed by atoms with van der Waals surface area (Å²) in [4.78, 5) is 7.42. The van der Waals surface area contributed by atoms with Crippen molar-refractivity contribution in [3.63, 3.8) is 0 Å². The van der Waals surface area contributed by atoms with E-state index in [9.17, 15) is 0 Å².